The number of amides is 1. The molecule has 10 nitrogen and oxygen atoms in total. The van der Waals surface area contributed by atoms with Crippen molar-refractivity contribution in [2.24, 2.45) is 0 Å². The fraction of sp³-hybridized carbons (Fsp3) is 0.476. The number of nitrogens with one attached hydrogen (secondary N) is 1. The predicted octanol–water partition coefficient (Wildman–Crippen LogP) is 1.17. The summed E-state index contributed by atoms with van der Waals surface area (Å²) in [5.41, 5.74) is 3.16. The largest absolute Gasteiger partial charge is 0.475 e. The SMILES string of the molecule is COCCOc1ncnc(Cn2nc(C(=O)NCC3(O)CC3)c3ncc(C)cc32)c1C. The van der Waals surface area contributed by atoms with E-state index in [2.05, 4.69) is 25.4 Å². The van der Waals surface area contributed by atoms with Crippen LogP contribution in [0.2, 0.25) is 0 Å². The molecule has 0 saturated heterocycles. The third-order valence-corrected chi connectivity index (χ3v) is 5.32. The molecule has 3 heterocycles. The summed E-state index contributed by atoms with van der Waals surface area (Å²) in [5.74, 6) is 0.131. The summed E-state index contributed by atoms with van der Waals surface area (Å²) in [7, 11) is 1.61. The third kappa shape index (κ3) is 4.64. The van der Waals surface area contributed by atoms with Gasteiger partial charge in [-0.1, -0.05) is 0 Å². The lowest BCUT2D eigenvalue weighted by molar-refractivity contribution is 0.0892. The summed E-state index contributed by atoms with van der Waals surface area (Å²) in [6.07, 6.45) is 4.55. The average molecular weight is 426 g/mol. The predicted molar refractivity (Wildman–Crippen MR) is 112 cm³/mol. The standard InChI is InChI=1S/C21H26N6O4/c1-13-8-16-17(22-9-13)18(19(28)23-11-21(29)4-5-21)26-27(16)10-15-14(2)20(25-12-24-15)31-7-6-30-3/h8-9,12,29H,4-7,10-11H2,1-3H3,(H,23,28). The van der Waals surface area contributed by atoms with Gasteiger partial charge in [-0.25, -0.2) is 9.97 Å². The van der Waals surface area contributed by atoms with Crippen molar-refractivity contribution in [1.82, 2.24) is 30.0 Å². The van der Waals surface area contributed by atoms with E-state index in [1.807, 2.05) is 19.9 Å². The lowest BCUT2D eigenvalue weighted by atomic mass is 10.2. The minimum atomic E-state index is -0.782. The summed E-state index contributed by atoms with van der Waals surface area (Å²) in [5, 5.41) is 17.3. The lowest BCUT2D eigenvalue weighted by Crippen LogP contribution is -2.33. The minimum Gasteiger partial charge on any atom is -0.475 e. The van der Waals surface area contributed by atoms with Crippen molar-refractivity contribution in [1.29, 1.82) is 0 Å². The molecule has 1 aliphatic rings. The molecule has 0 unspecified atom stereocenters. The number of hydrogen-bond donors (Lipinski definition) is 2. The van der Waals surface area contributed by atoms with Crippen LogP contribution in [0.25, 0.3) is 11.0 Å². The van der Waals surface area contributed by atoms with Crippen LogP contribution >= 0.6 is 0 Å². The van der Waals surface area contributed by atoms with Crippen LogP contribution in [0.5, 0.6) is 5.88 Å². The summed E-state index contributed by atoms with van der Waals surface area (Å²) in [6, 6.07) is 1.94. The highest BCUT2D eigenvalue weighted by atomic mass is 16.5. The Morgan fingerprint density at radius 2 is 2.06 bits per heavy atom. The Bertz CT molecular complexity index is 1110. The molecular weight excluding hydrogens is 400 g/mol. The van der Waals surface area contributed by atoms with Gasteiger partial charge in [0.1, 0.15) is 18.5 Å². The number of pyridine rings is 1. The van der Waals surface area contributed by atoms with Crippen molar-refractivity contribution >= 4 is 16.9 Å². The minimum absolute atomic E-state index is 0.208. The highest BCUT2D eigenvalue weighted by Crippen LogP contribution is 2.34. The zero-order valence-corrected chi connectivity index (χ0v) is 17.9. The van der Waals surface area contributed by atoms with Crippen molar-refractivity contribution in [2.75, 3.05) is 26.9 Å². The van der Waals surface area contributed by atoms with Gasteiger partial charge in [0, 0.05) is 25.4 Å². The third-order valence-electron chi connectivity index (χ3n) is 5.32. The van der Waals surface area contributed by atoms with Gasteiger partial charge >= 0.3 is 0 Å². The summed E-state index contributed by atoms with van der Waals surface area (Å²) in [6.45, 7) is 5.20. The number of fused-ring (bicyclic) bond motifs is 1. The van der Waals surface area contributed by atoms with Crippen LogP contribution in [0, 0.1) is 13.8 Å². The molecule has 3 aromatic heterocycles. The topological polar surface area (TPSA) is 124 Å². The smallest absolute Gasteiger partial charge is 0.274 e. The Balaban J connectivity index is 1.62. The molecule has 1 saturated carbocycles. The van der Waals surface area contributed by atoms with E-state index in [9.17, 15) is 9.90 Å². The van der Waals surface area contributed by atoms with Gasteiger partial charge in [0.2, 0.25) is 5.88 Å². The van der Waals surface area contributed by atoms with Gasteiger partial charge in [0.25, 0.3) is 5.91 Å². The van der Waals surface area contributed by atoms with Crippen molar-refractivity contribution < 1.29 is 19.4 Å². The number of methoxy groups -OCH3 is 1. The molecule has 1 amide bonds. The molecule has 0 aromatic carbocycles. The number of rotatable bonds is 9. The number of aliphatic hydroxyl groups is 1. The maximum atomic E-state index is 12.8. The Morgan fingerprint density at radius 1 is 1.26 bits per heavy atom. The molecule has 4 rings (SSSR count). The number of aryl methyl sites for hydroxylation is 1. The van der Waals surface area contributed by atoms with Crippen molar-refractivity contribution in [3.8, 4) is 5.88 Å². The van der Waals surface area contributed by atoms with E-state index in [0.29, 0.717) is 44.0 Å². The van der Waals surface area contributed by atoms with E-state index in [1.54, 1.807) is 18.0 Å². The Labute approximate surface area is 179 Å². The number of ether oxygens (including phenoxy) is 2. The van der Waals surface area contributed by atoms with E-state index < -0.39 is 5.60 Å². The van der Waals surface area contributed by atoms with Gasteiger partial charge in [0.15, 0.2) is 5.69 Å². The molecule has 1 aliphatic carbocycles. The second kappa shape index (κ2) is 8.56. The Hall–Kier alpha value is -3.11. The van der Waals surface area contributed by atoms with E-state index in [0.717, 1.165) is 22.3 Å². The van der Waals surface area contributed by atoms with Crippen molar-refractivity contribution in [2.45, 2.75) is 38.8 Å². The molecule has 31 heavy (non-hydrogen) atoms. The van der Waals surface area contributed by atoms with Gasteiger partial charge in [-0.2, -0.15) is 5.10 Å². The second-order valence-electron chi connectivity index (χ2n) is 7.89. The van der Waals surface area contributed by atoms with Crippen molar-refractivity contribution in [3.63, 3.8) is 0 Å². The molecule has 1 fully saturated rings. The summed E-state index contributed by atoms with van der Waals surface area (Å²) < 4.78 is 12.4. The molecule has 10 heteroatoms. The Kier molecular flexibility index (Phi) is 5.84. The molecule has 0 aliphatic heterocycles. The van der Waals surface area contributed by atoms with Crippen LogP contribution in [-0.2, 0) is 11.3 Å². The maximum Gasteiger partial charge on any atom is 0.274 e. The van der Waals surface area contributed by atoms with Crippen molar-refractivity contribution in [3.05, 3.63) is 41.1 Å². The van der Waals surface area contributed by atoms with Crippen LogP contribution in [0.1, 0.15) is 40.2 Å². The monoisotopic (exact) mass is 426 g/mol. The van der Waals surface area contributed by atoms with Gasteiger partial charge < -0.3 is 19.9 Å². The number of carbonyl (C=O) groups excluding carboxylic acids is 1. The number of carbonyl (C=O) groups is 1. The first kappa shape index (κ1) is 21.1. The molecule has 0 radical (unpaired) electrons. The molecule has 164 valence electrons. The fourth-order valence-electron chi connectivity index (χ4n) is 3.21. The zero-order chi connectivity index (χ0) is 22.0. The van der Waals surface area contributed by atoms with Gasteiger partial charge in [-0.3, -0.25) is 14.5 Å². The quantitative estimate of drug-likeness (QED) is 0.489. The Morgan fingerprint density at radius 3 is 2.81 bits per heavy atom. The second-order valence-corrected chi connectivity index (χ2v) is 7.89. The maximum absolute atomic E-state index is 12.8. The van der Waals surface area contributed by atoms with E-state index in [1.165, 1.54) is 6.33 Å². The first-order valence-electron chi connectivity index (χ1n) is 10.2. The number of aromatic nitrogens is 5. The highest BCUT2D eigenvalue weighted by molar-refractivity contribution is 6.03. The molecule has 2 N–H and O–H groups in total. The normalized spacial score (nSPS) is 14.6. The number of nitrogens with zero attached hydrogens (tertiary/aromatic N) is 5. The molecule has 0 spiro atoms. The summed E-state index contributed by atoms with van der Waals surface area (Å²) >= 11 is 0. The van der Waals surface area contributed by atoms with E-state index >= 15 is 0 Å². The van der Waals surface area contributed by atoms with E-state index in [4.69, 9.17) is 9.47 Å². The van der Waals surface area contributed by atoms with Gasteiger partial charge in [-0.15, -0.1) is 0 Å². The average Bonchev–Trinajstić information content (AvgIpc) is 3.39. The fourth-order valence-corrected chi connectivity index (χ4v) is 3.21. The highest BCUT2D eigenvalue weighted by Gasteiger charge is 2.40. The van der Waals surface area contributed by atoms with Crippen LogP contribution in [-0.4, -0.2) is 68.2 Å². The number of hydrogen-bond acceptors (Lipinski definition) is 8. The first-order chi connectivity index (χ1) is 14.9. The molecule has 0 bridgehead atoms. The van der Waals surface area contributed by atoms with Crippen LogP contribution < -0.4 is 10.1 Å². The molecule has 3 aromatic rings. The lowest BCUT2D eigenvalue weighted by Gasteiger charge is -2.11. The van der Waals surface area contributed by atoms with E-state index in [-0.39, 0.29) is 18.1 Å². The molecular formula is C21H26N6O4. The van der Waals surface area contributed by atoms with Crippen LogP contribution in [0.15, 0.2) is 18.6 Å². The first-order valence-corrected chi connectivity index (χ1v) is 10.2. The molecule has 0 atom stereocenters. The zero-order valence-electron chi connectivity index (χ0n) is 17.9. The van der Waals surface area contributed by atoms with Crippen LogP contribution in [0.3, 0.4) is 0 Å². The van der Waals surface area contributed by atoms with Crippen LogP contribution in [0.4, 0.5) is 0 Å². The van der Waals surface area contributed by atoms with Gasteiger partial charge in [0.05, 0.1) is 30.0 Å². The van der Waals surface area contributed by atoms with Gasteiger partial charge in [-0.05, 0) is 38.3 Å². The summed E-state index contributed by atoms with van der Waals surface area (Å²) in [4.78, 5) is 25.8.